The lowest BCUT2D eigenvalue weighted by Crippen LogP contribution is -2.12. The van der Waals surface area contributed by atoms with Gasteiger partial charge in [-0.05, 0) is 48.0 Å². The van der Waals surface area contributed by atoms with Crippen molar-refractivity contribution in [1.82, 2.24) is 0 Å². The van der Waals surface area contributed by atoms with Crippen molar-refractivity contribution in [2.45, 2.75) is 6.61 Å². The normalized spacial score (nSPS) is 10.1. The molecule has 0 aliphatic heterocycles. The third kappa shape index (κ3) is 4.95. The van der Waals surface area contributed by atoms with Crippen LogP contribution in [0.25, 0.3) is 0 Å². The number of ether oxygens (including phenoxy) is 2. The highest BCUT2D eigenvalue weighted by atomic mass is 16.5. The molecule has 0 heterocycles. The molecule has 136 valence electrons. The Hall–Kier alpha value is -3.60. The number of nitrogens with one attached hydrogen (secondary N) is 1. The molecule has 0 aliphatic carbocycles. The van der Waals surface area contributed by atoms with Gasteiger partial charge in [0.1, 0.15) is 12.4 Å². The fourth-order valence-corrected chi connectivity index (χ4v) is 2.46. The number of methoxy groups -OCH3 is 1. The van der Waals surface area contributed by atoms with Crippen LogP contribution in [0.1, 0.15) is 26.3 Å². The quantitative estimate of drug-likeness (QED) is 0.665. The molecule has 1 N–H and O–H groups in total. The maximum Gasteiger partial charge on any atom is 0.338 e. The molecule has 0 radical (unpaired) electrons. The summed E-state index contributed by atoms with van der Waals surface area (Å²) < 4.78 is 10.4. The van der Waals surface area contributed by atoms with E-state index in [1.165, 1.54) is 0 Å². The first-order valence-corrected chi connectivity index (χ1v) is 8.42. The fourth-order valence-electron chi connectivity index (χ4n) is 2.46. The number of benzene rings is 3. The third-order valence-electron chi connectivity index (χ3n) is 3.92. The van der Waals surface area contributed by atoms with E-state index in [2.05, 4.69) is 5.32 Å². The van der Waals surface area contributed by atoms with E-state index in [-0.39, 0.29) is 12.5 Å². The molecule has 0 unspecified atom stereocenters. The van der Waals surface area contributed by atoms with Crippen LogP contribution >= 0.6 is 0 Å². The van der Waals surface area contributed by atoms with Crippen molar-refractivity contribution in [2.75, 3.05) is 12.4 Å². The highest BCUT2D eigenvalue weighted by Gasteiger charge is 2.10. The molecule has 0 bridgehead atoms. The van der Waals surface area contributed by atoms with Crippen LogP contribution in [-0.4, -0.2) is 19.0 Å². The summed E-state index contributed by atoms with van der Waals surface area (Å²) in [6.07, 6.45) is 0. The van der Waals surface area contributed by atoms with Crippen molar-refractivity contribution in [3.63, 3.8) is 0 Å². The molecule has 0 saturated carbocycles. The average Bonchev–Trinajstić information content (AvgIpc) is 2.73. The van der Waals surface area contributed by atoms with Gasteiger partial charge in [-0.3, -0.25) is 4.79 Å². The molecule has 0 fully saturated rings. The van der Waals surface area contributed by atoms with E-state index in [1.54, 1.807) is 55.6 Å². The van der Waals surface area contributed by atoms with Crippen LogP contribution < -0.4 is 10.1 Å². The topological polar surface area (TPSA) is 64.6 Å². The van der Waals surface area contributed by atoms with Crippen LogP contribution in [0.15, 0.2) is 78.9 Å². The molecule has 0 atom stereocenters. The summed E-state index contributed by atoms with van der Waals surface area (Å²) in [6, 6.07) is 23.0. The van der Waals surface area contributed by atoms with Gasteiger partial charge in [-0.15, -0.1) is 0 Å². The molecule has 0 spiro atoms. The predicted octanol–water partition coefficient (Wildman–Crippen LogP) is 4.30. The Balaban J connectivity index is 1.57. The Morgan fingerprint density at radius 3 is 2.30 bits per heavy atom. The van der Waals surface area contributed by atoms with E-state index in [4.69, 9.17) is 9.47 Å². The number of esters is 1. The summed E-state index contributed by atoms with van der Waals surface area (Å²) in [7, 11) is 1.54. The summed E-state index contributed by atoms with van der Waals surface area (Å²) >= 11 is 0. The van der Waals surface area contributed by atoms with Gasteiger partial charge < -0.3 is 14.8 Å². The Morgan fingerprint density at radius 2 is 1.59 bits per heavy atom. The molecule has 1 amide bonds. The zero-order valence-corrected chi connectivity index (χ0v) is 14.8. The second kappa shape index (κ2) is 8.67. The number of carbonyl (C=O) groups is 2. The van der Waals surface area contributed by atoms with Crippen molar-refractivity contribution in [2.24, 2.45) is 0 Å². The number of amides is 1. The maximum absolute atomic E-state index is 12.2. The minimum absolute atomic E-state index is 0.122. The van der Waals surface area contributed by atoms with Crippen molar-refractivity contribution in [3.05, 3.63) is 95.6 Å². The molecule has 0 aliphatic rings. The minimum Gasteiger partial charge on any atom is -0.497 e. The smallest absolute Gasteiger partial charge is 0.338 e. The van der Waals surface area contributed by atoms with Gasteiger partial charge in [-0.25, -0.2) is 4.79 Å². The lowest BCUT2D eigenvalue weighted by Gasteiger charge is -2.08. The molecular formula is C22H19NO4. The third-order valence-corrected chi connectivity index (χ3v) is 3.92. The first kappa shape index (κ1) is 18.2. The first-order chi connectivity index (χ1) is 13.2. The number of anilines is 1. The van der Waals surface area contributed by atoms with Crippen LogP contribution in [0, 0.1) is 0 Å². The largest absolute Gasteiger partial charge is 0.497 e. The Morgan fingerprint density at radius 1 is 0.852 bits per heavy atom. The molecule has 27 heavy (non-hydrogen) atoms. The zero-order chi connectivity index (χ0) is 19.1. The van der Waals surface area contributed by atoms with Gasteiger partial charge in [0.25, 0.3) is 5.91 Å². The molecule has 3 aromatic rings. The summed E-state index contributed by atoms with van der Waals surface area (Å²) in [5.41, 5.74) is 2.48. The van der Waals surface area contributed by atoms with Gasteiger partial charge in [-0.1, -0.05) is 36.4 Å². The van der Waals surface area contributed by atoms with Gasteiger partial charge in [0.05, 0.1) is 12.7 Å². The van der Waals surface area contributed by atoms with E-state index >= 15 is 0 Å². The highest BCUT2D eigenvalue weighted by molar-refractivity contribution is 6.04. The number of hydrogen-bond donors (Lipinski definition) is 1. The molecule has 5 heteroatoms. The van der Waals surface area contributed by atoms with Gasteiger partial charge in [-0.2, -0.15) is 0 Å². The van der Waals surface area contributed by atoms with Crippen LogP contribution in [0.2, 0.25) is 0 Å². The average molecular weight is 361 g/mol. The highest BCUT2D eigenvalue weighted by Crippen LogP contribution is 2.15. The SMILES string of the molecule is COc1cccc(C(=O)OCc2ccc(C(=O)Nc3ccccc3)cc2)c1. The number of hydrogen-bond acceptors (Lipinski definition) is 4. The lowest BCUT2D eigenvalue weighted by molar-refractivity contribution is 0.0472. The first-order valence-electron chi connectivity index (χ1n) is 8.42. The zero-order valence-electron chi connectivity index (χ0n) is 14.8. The monoisotopic (exact) mass is 361 g/mol. The summed E-state index contributed by atoms with van der Waals surface area (Å²) in [4.78, 5) is 24.4. The number of carbonyl (C=O) groups excluding carboxylic acids is 2. The van der Waals surface area contributed by atoms with E-state index < -0.39 is 5.97 Å². The van der Waals surface area contributed by atoms with Crippen LogP contribution in [0.5, 0.6) is 5.75 Å². The van der Waals surface area contributed by atoms with Gasteiger partial charge >= 0.3 is 5.97 Å². The van der Waals surface area contributed by atoms with Crippen molar-refractivity contribution in [3.8, 4) is 5.75 Å². The Kier molecular flexibility index (Phi) is 5.84. The lowest BCUT2D eigenvalue weighted by atomic mass is 10.1. The molecule has 3 aromatic carbocycles. The molecule has 0 saturated heterocycles. The van der Waals surface area contributed by atoms with Crippen molar-refractivity contribution >= 4 is 17.6 Å². The number of para-hydroxylation sites is 1. The predicted molar refractivity (Wildman–Crippen MR) is 103 cm³/mol. The Bertz CT molecular complexity index is 921. The Labute approximate surface area is 157 Å². The van der Waals surface area contributed by atoms with E-state index in [9.17, 15) is 9.59 Å². The minimum atomic E-state index is -0.431. The number of rotatable bonds is 6. The van der Waals surface area contributed by atoms with E-state index in [0.29, 0.717) is 16.9 Å². The molecule has 0 aromatic heterocycles. The van der Waals surface area contributed by atoms with Gasteiger partial charge in [0.15, 0.2) is 0 Å². The van der Waals surface area contributed by atoms with Crippen LogP contribution in [0.4, 0.5) is 5.69 Å². The van der Waals surface area contributed by atoms with E-state index in [0.717, 1.165) is 11.3 Å². The summed E-state index contributed by atoms with van der Waals surface area (Å²) in [5.74, 6) is -0.0286. The molecule has 3 rings (SSSR count). The fraction of sp³-hybridized carbons (Fsp3) is 0.0909. The molecule has 5 nitrogen and oxygen atoms in total. The van der Waals surface area contributed by atoms with Gasteiger partial charge in [0, 0.05) is 11.3 Å². The van der Waals surface area contributed by atoms with Crippen molar-refractivity contribution < 1.29 is 19.1 Å². The summed E-state index contributed by atoms with van der Waals surface area (Å²) in [6.45, 7) is 0.122. The van der Waals surface area contributed by atoms with Gasteiger partial charge in [0.2, 0.25) is 0 Å². The summed E-state index contributed by atoms with van der Waals surface area (Å²) in [5, 5.41) is 2.82. The second-order valence-electron chi connectivity index (χ2n) is 5.83. The van der Waals surface area contributed by atoms with Crippen molar-refractivity contribution in [1.29, 1.82) is 0 Å². The maximum atomic E-state index is 12.2. The second-order valence-corrected chi connectivity index (χ2v) is 5.83. The van der Waals surface area contributed by atoms with Crippen LogP contribution in [0.3, 0.4) is 0 Å². The molecular weight excluding hydrogens is 342 g/mol. The van der Waals surface area contributed by atoms with E-state index in [1.807, 2.05) is 30.3 Å². The standard InChI is InChI=1S/C22H19NO4/c1-26-20-9-5-6-18(14-20)22(25)27-15-16-10-12-17(13-11-16)21(24)23-19-7-3-2-4-8-19/h2-14H,15H2,1H3,(H,23,24). The van der Waals surface area contributed by atoms with Crippen LogP contribution in [-0.2, 0) is 11.3 Å².